The van der Waals surface area contributed by atoms with Crippen LogP contribution in [0.15, 0.2) is 24.4 Å². The fourth-order valence-corrected chi connectivity index (χ4v) is 2.32. The summed E-state index contributed by atoms with van der Waals surface area (Å²) in [5.74, 6) is 0.339. The zero-order valence-electron chi connectivity index (χ0n) is 11.8. The number of amides is 1. The van der Waals surface area contributed by atoms with Gasteiger partial charge in [-0.25, -0.2) is 4.98 Å². The molecule has 0 saturated carbocycles. The molecule has 0 aliphatic carbocycles. The molecule has 116 valence electrons. The summed E-state index contributed by atoms with van der Waals surface area (Å²) in [6.45, 7) is 0. The maximum Gasteiger partial charge on any atom is 0.256 e. The zero-order valence-corrected chi connectivity index (χ0v) is 13.3. The van der Waals surface area contributed by atoms with Gasteiger partial charge in [0.25, 0.3) is 5.91 Å². The molecular weight excluding hydrogens is 329 g/mol. The molecule has 0 saturated heterocycles. The number of anilines is 1. The van der Waals surface area contributed by atoms with Crippen LogP contribution >= 0.6 is 23.2 Å². The average molecular weight is 342 g/mol. The summed E-state index contributed by atoms with van der Waals surface area (Å²) >= 11 is 12.1. The largest absolute Gasteiger partial charge is 0.480 e. The minimum atomic E-state index is -0.357. The van der Waals surface area contributed by atoms with Crippen molar-refractivity contribution in [1.82, 2.24) is 10.3 Å². The smallest absolute Gasteiger partial charge is 0.256 e. The van der Waals surface area contributed by atoms with Gasteiger partial charge < -0.3 is 20.5 Å². The molecule has 0 fully saturated rings. The first-order valence-electron chi connectivity index (χ1n) is 6.14. The molecule has 2 aromatic rings. The number of carbonyl (C=O) groups is 1. The van der Waals surface area contributed by atoms with Crippen LogP contribution in [0, 0.1) is 0 Å². The number of aromatic nitrogens is 1. The number of nitrogens with zero attached hydrogens (tertiary/aromatic N) is 1. The van der Waals surface area contributed by atoms with Crippen molar-refractivity contribution >= 4 is 34.8 Å². The number of rotatable bonds is 4. The van der Waals surface area contributed by atoms with Gasteiger partial charge in [0.05, 0.1) is 23.4 Å². The van der Waals surface area contributed by atoms with E-state index < -0.39 is 0 Å². The van der Waals surface area contributed by atoms with Crippen LogP contribution < -0.4 is 20.5 Å². The molecule has 1 heterocycles. The van der Waals surface area contributed by atoms with Crippen molar-refractivity contribution in [2.45, 2.75) is 0 Å². The van der Waals surface area contributed by atoms with E-state index in [1.807, 2.05) is 0 Å². The molecule has 0 bridgehead atoms. The maximum absolute atomic E-state index is 11.8. The Morgan fingerprint density at radius 3 is 2.45 bits per heavy atom. The summed E-state index contributed by atoms with van der Waals surface area (Å²) in [4.78, 5) is 15.8. The number of hydrogen-bond acceptors (Lipinski definition) is 5. The normalized spacial score (nSPS) is 10.2. The third-order valence-corrected chi connectivity index (χ3v) is 3.29. The lowest BCUT2D eigenvalue weighted by Gasteiger charge is -2.12. The molecule has 0 aliphatic heterocycles. The van der Waals surface area contributed by atoms with Crippen LogP contribution in [0.5, 0.6) is 17.4 Å². The van der Waals surface area contributed by atoms with Gasteiger partial charge in [0, 0.05) is 18.8 Å². The summed E-state index contributed by atoms with van der Waals surface area (Å²) in [6, 6.07) is 4.51. The van der Waals surface area contributed by atoms with Crippen molar-refractivity contribution in [2.24, 2.45) is 0 Å². The van der Waals surface area contributed by atoms with Crippen LogP contribution in [0.3, 0.4) is 0 Å². The molecule has 8 heteroatoms. The first-order chi connectivity index (χ1) is 10.5. The van der Waals surface area contributed by atoms with Crippen LogP contribution in [0.4, 0.5) is 5.69 Å². The standard InChI is InChI=1S/C14H13Cl2N3O3/c1-18-13(20)9-5-8(6-19-14(9)21-2)22-12-10(15)3-7(17)4-11(12)16/h3-6H,17H2,1-2H3,(H,18,20). The Labute approximate surface area is 137 Å². The topological polar surface area (TPSA) is 86.5 Å². The fourth-order valence-electron chi connectivity index (χ4n) is 1.74. The third-order valence-electron chi connectivity index (χ3n) is 2.73. The Bertz CT molecular complexity index is 699. The second-order valence-electron chi connectivity index (χ2n) is 4.22. The van der Waals surface area contributed by atoms with Crippen LogP contribution in [-0.4, -0.2) is 25.0 Å². The summed E-state index contributed by atoms with van der Waals surface area (Å²) < 4.78 is 10.7. The number of pyridine rings is 1. The number of hydrogen-bond donors (Lipinski definition) is 2. The van der Waals surface area contributed by atoms with Gasteiger partial charge in [-0.1, -0.05) is 23.2 Å². The molecule has 1 aromatic heterocycles. The van der Waals surface area contributed by atoms with Gasteiger partial charge in [-0.05, 0) is 12.1 Å². The Balaban J connectivity index is 2.41. The van der Waals surface area contributed by atoms with Crippen LogP contribution in [0.2, 0.25) is 10.0 Å². The molecule has 0 aliphatic rings. The molecule has 3 N–H and O–H groups in total. The van der Waals surface area contributed by atoms with E-state index in [-0.39, 0.29) is 38.9 Å². The molecule has 22 heavy (non-hydrogen) atoms. The number of ether oxygens (including phenoxy) is 2. The van der Waals surface area contributed by atoms with Crippen molar-refractivity contribution in [3.8, 4) is 17.4 Å². The van der Waals surface area contributed by atoms with Gasteiger partial charge in [0.15, 0.2) is 5.75 Å². The summed E-state index contributed by atoms with van der Waals surface area (Å²) in [5, 5.41) is 3.00. The van der Waals surface area contributed by atoms with Crippen molar-refractivity contribution in [3.63, 3.8) is 0 Å². The van der Waals surface area contributed by atoms with E-state index in [1.165, 1.54) is 38.6 Å². The van der Waals surface area contributed by atoms with Crippen molar-refractivity contribution in [2.75, 3.05) is 19.9 Å². The summed E-state index contributed by atoms with van der Waals surface area (Å²) in [7, 11) is 2.92. The average Bonchev–Trinajstić information content (AvgIpc) is 2.49. The third kappa shape index (κ3) is 3.35. The minimum absolute atomic E-state index is 0.182. The predicted molar refractivity (Wildman–Crippen MR) is 85.1 cm³/mol. The molecule has 2 rings (SSSR count). The highest BCUT2D eigenvalue weighted by Gasteiger charge is 2.16. The lowest BCUT2D eigenvalue weighted by Crippen LogP contribution is -2.19. The van der Waals surface area contributed by atoms with E-state index in [9.17, 15) is 4.79 Å². The maximum atomic E-state index is 11.8. The number of halogens is 2. The second-order valence-corrected chi connectivity index (χ2v) is 5.04. The van der Waals surface area contributed by atoms with E-state index in [1.54, 1.807) is 0 Å². The number of nitrogens with two attached hydrogens (primary N) is 1. The highest BCUT2D eigenvalue weighted by molar-refractivity contribution is 6.37. The van der Waals surface area contributed by atoms with E-state index in [0.29, 0.717) is 5.69 Å². The van der Waals surface area contributed by atoms with Gasteiger partial charge in [-0.15, -0.1) is 0 Å². The van der Waals surface area contributed by atoms with Gasteiger partial charge in [-0.2, -0.15) is 0 Å². The van der Waals surface area contributed by atoms with Crippen LogP contribution in [-0.2, 0) is 0 Å². The Morgan fingerprint density at radius 1 is 1.27 bits per heavy atom. The molecule has 1 aromatic carbocycles. The molecule has 0 radical (unpaired) electrons. The first kappa shape index (κ1) is 16.2. The molecule has 6 nitrogen and oxygen atoms in total. The molecule has 0 spiro atoms. The van der Waals surface area contributed by atoms with E-state index in [2.05, 4.69) is 10.3 Å². The SMILES string of the molecule is CNC(=O)c1cc(Oc2c(Cl)cc(N)cc2Cl)cnc1OC. The fraction of sp³-hybridized carbons (Fsp3) is 0.143. The number of nitrogens with one attached hydrogen (secondary N) is 1. The molecule has 0 atom stereocenters. The van der Waals surface area contributed by atoms with Gasteiger partial charge >= 0.3 is 0 Å². The van der Waals surface area contributed by atoms with Crippen LogP contribution in [0.1, 0.15) is 10.4 Å². The quantitative estimate of drug-likeness (QED) is 0.834. The van der Waals surface area contributed by atoms with Gasteiger partial charge in [-0.3, -0.25) is 4.79 Å². The monoisotopic (exact) mass is 341 g/mol. The van der Waals surface area contributed by atoms with E-state index in [4.69, 9.17) is 38.4 Å². The lowest BCUT2D eigenvalue weighted by atomic mass is 10.2. The number of carbonyl (C=O) groups excluding carboxylic acids is 1. The summed E-state index contributed by atoms with van der Waals surface area (Å²) in [5.41, 5.74) is 6.28. The minimum Gasteiger partial charge on any atom is -0.480 e. The van der Waals surface area contributed by atoms with Crippen molar-refractivity contribution in [3.05, 3.63) is 40.0 Å². The number of methoxy groups -OCH3 is 1. The van der Waals surface area contributed by atoms with Crippen molar-refractivity contribution in [1.29, 1.82) is 0 Å². The van der Waals surface area contributed by atoms with Crippen molar-refractivity contribution < 1.29 is 14.3 Å². The van der Waals surface area contributed by atoms with Gasteiger partial charge in [0.1, 0.15) is 11.3 Å². The molecule has 1 amide bonds. The lowest BCUT2D eigenvalue weighted by molar-refractivity contribution is 0.0959. The predicted octanol–water partition coefficient (Wildman–Crippen LogP) is 3.13. The highest BCUT2D eigenvalue weighted by Crippen LogP contribution is 2.38. The first-order valence-corrected chi connectivity index (χ1v) is 6.90. The molecular formula is C14H13Cl2N3O3. The second kappa shape index (κ2) is 6.72. The summed E-state index contributed by atoms with van der Waals surface area (Å²) in [6.07, 6.45) is 1.40. The van der Waals surface area contributed by atoms with Gasteiger partial charge in [0.2, 0.25) is 5.88 Å². The number of nitrogen functional groups attached to an aromatic ring is 1. The highest BCUT2D eigenvalue weighted by atomic mass is 35.5. The van der Waals surface area contributed by atoms with E-state index >= 15 is 0 Å². The zero-order chi connectivity index (χ0) is 16.3. The number of benzene rings is 1. The Morgan fingerprint density at radius 2 is 1.91 bits per heavy atom. The van der Waals surface area contributed by atoms with Crippen LogP contribution in [0.25, 0.3) is 0 Å². The Kier molecular flexibility index (Phi) is 4.95. The van der Waals surface area contributed by atoms with E-state index in [0.717, 1.165) is 0 Å². The Hall–Kier alpha value is -2.18. The molecule has 0 unspecified atom stereocenters.